The van der Waals surface area contributed by atoms with Crippen LogP contribution in [0.5, 0.6) is 0 Å². The molecule has 0 heterocycles. The lowest BCUT2D eigenvalue weighted by molar-refractivity contribution is -0.385. The normalized spacial score (nSPS) is 12.1. The molecule has 1 aromatic rings. The number of hydrogen-bond acceptors (Lipinski definition) is 4. The molecule has 1 rings (SSSR count). The maximum absolute atomic E-state index is 10.5. The van der Waals surface area contributed by atoms with Crippen molar-refractivity contribution in [2.45, 2.75) is 6.10 Å². The fourth-order valence-corrected chi connectivity index (χ4v) is 1.21. The summed E-state index contributed by atoms with van der Waals surface area (Å²) in [6.07, 6.45) is -1.86. The molecule has 0 bridgehead atoms. The summed E-state index contributed by atoms with van der Waals surface area (Å²) in [6, 6.07) is 3.22. The first-order valence-corrected chi connectivity index (χ1v) is 4.16. The molecule has 0 saturated carbocycles. The maximum atomic E-state index is 10.5. The average molecular weight is 232 g/mol. The van der Waals surface area contributed by atoms with Gasteiger partial charge in [0.05, 0.1) is 4.92 Å². The summed E-state index contributed by atoms with van der Waals surface area (Å²) in [6.45, 7) is 0. The first kappa shape index (κ1) is 11.4. The molecule has 0 aromatic heterocycles. The summed E-state index contributed by atoms with van der Waals surface area (Å²) >= 11 is 5.59. The molecule has 0 aliphatic rings. The van der Waals surface area contributed by atoms with Gasteiger partial charge in [0.15, 0.2) is 6.10 Å². The highest BCUT2D eigenvalue weighted by Gasteiger charge is 2.21. The zero-order chi connectivity index (χ0) is 11.6. The number of aliphatic hydroxyl groups is 1. The molecule has 6 nitrogen and oxygen atoms in total. The summed E-state index contributed by atoms with van der Waals surface area (Å²) in [7, 11) is 0. The summed E-state index contributed by atoms with van der Waals surface area (Å²) in [5, 5.41) is 28.0. The minimum absolute atomic E-state index is 0.0319. The zero-order valence-corrected chi connectivity index (χ0v) is 8.01. The lowest BCUT2D eigenvalue weighted by atomic mass is 10.1. The number of nitrogens with zero attached hydrogens (tertiary/aromatic N) is 1. The van der Waals surface area contributed by atoms with Crippen molar-refractivity contribution in [2.24, 2.45) is 0 Å². The van der Waals surface area contributed by atoms with Crippen molar-refractivity contribution in [1.82, 2.24) is 0 Å². The molecule has 0 saturated heterocycles. The van der Waals surface area contributed by atoms with Gasteiger partial charge in [-0.2, -0.15) is 0 Å². The van der Waals surface area contributed by atoms with E-state index in [1.807, 2.05) is 0 Å². The molecule has 1 aromatic carbocycles. The summed E-state index contributed by atoms with van der Waals surface area (Å²) in [5.74, 6) is -1.52. The molecule has 0 spiro atoms. The lowest BCUT2D eigenvalue weighted by Gasteiger charge is -2.07. The number of carboxylic acids is 1. The maximum Gasteiger partial charge on any atom is 0.337 e. The predicted octanol–water partition coefficient (Wildman–Crippen LogP) is 1.37. The molecule has 2 N–H and O–H groups in total. The highest BCUT2D eigenvalue weighted by atomic mass is 35.5. The quantitative estimate of drug-likeness (QED) is 0.604. The molecular weight excluding hydrogens is 226 g/mol. The van der Waals surface area contributed by atoms with E-state index in [0.717, 1.165) is 12.1 Å². The molecule has 15 heavy (non-hydrogen) atoms. The SMILES string of the molecule is O=C(O)[C@@H](O)c1cc([N+](=O)[O-])ccc1Cl. The molecule has 0 aliphatic heterocycles. The van der Waals surface area contributed by atoms with Gasteiger partial charge in [-0.25, -0.2) is 4.79 Å². The van der Waals surface area contributed by atoms with Gasteiger partial charge in [0.2, 0.25) is 0 Å². The number of non-ortho nitro benzene ring substituents is 1. The fraction of sp³-hybridized carbons (Fsp3) is 0.125. The Bertz CT molecular complexity index is 419. The first-order valence-electron chi connectivity index (χ1n) is 3.78. The van der Waals surface area contributed by atoms with E-state index in [2.05, 4.69) is 0 Å². The molecular formula is C8H6ClNO5. The van der Waals surface area contributed by atoms with Crippen molar-refractivity contribution in [3.05, 3.63) is 38.9 Å². The number of nitro benzene ring substituents is 1. The Morgan fingerprint density at radius 3 is 2.60 bits per heavy atom. The van der Waals surface area contributed by atoms with Gasteiger partial charge < -0.3 is 10.2 Å². The number of halogens is 1. The third kappa shape index (κ3) is 2.42. The Hall–Kier alpha value is -1.66. The van der Waals surface area contributed by atoms with Gasteiger partial charge in [-0.05, 0) is 6.07 Å². The van der Waals surface area contributed by atoms with Crippen LogP contribution in [0.1, 0.15) is 11.7 Å². The van der Waals surface area contributed by atoms with Crippen LogP contribution in [0.3, 0.4) is 0 Å². The van der Waals surface area contributed by atoms with Crippen LogP contribution in [0, 0.1) is 10.1 Å². The minimum Gasteiger partial charge on any atom is -0.479 e. The van der Waals surface area contributed by atoms with Crippen LogP contribution in [-0.4, -0.2) is 21.1 Å². The van der Waals surface area contributed by atoms with Gasteiger partial charge in [-0.15, -0.1) is 0 Å². The van der Waals surface area contributed by atoms with E-state index in [1.54, 1.807) is 0 Å². The Labute approximate surface area is 88.9 Å². The number of benzene rings is 1. The molecule has 0 radical (unpaired) electrons. The van der Waals surface area contributed by atoms with E-state index in [4.69, 9.17) is 16.7 Å². The number of hydrogen-bond donors (Lipinski definition) is 2. The van der Waals surface area contributed by atoms with Gasteiger partial charge in [0, 0.05) is 22.7 Å². The minimum atomic E-state index is -1.86. The second kappa shape index (κ2) is 4.24. The van der Waals surface area contributed by atoms with Crippen LogP contribution >= 0.6 is 11.6 Å². The molecule has 0 amide bonds. The highest BCUT2D eigenvalue weighted by molar-refractivity contribution is 6.31. The summed E-state index contributed by atoms with van der Waals surface area (Å²) in [5.41, 5.74) is -0.520. The van der Waals surface area contributed by atoms with Crippen molar-refractivity contribution in [3.63, 3.8) is 0 Å². The number of aliphatic hydroxyl groups excluding tert-OH is 1. The Kier molecular flexibility index (Phi) is 3.23. The molecule has 0 unspecified atom stereocenters. The van der Waals surface area contributed by atoms with Crippen molar-refractivity contribution in [2.75, 3.05) is 0 Å². The van der Waals surface area contributed by atoms with Crippen LogP contribution in [0.25, 0.3) is 0 Å². The van der Waals surface area contributed by atoms with Crippen molar-refractivity contribution in [1.29, 1.82) is 0 Å². The number of aliphatic carboxylic acids is 1. The lowest BCUT2D eigenvalue weighted by Crippen LogP contribution is -2.11. The molecule has 1 atom stereocenters. The van der Waals surface area contributed by atoms with Crippen LogP contribution in [-0.2, 0) is 4.79 Å². The van der Waals surface area contributed by atoms with Crippen LogP contribution in [0.15, 0.2) is 18.2 Å². The molecule has 0 fully saturated rings. The Morgan fingerprint density at radius 1 is 1.53 bits per heavy atom. The largest absolute Gasteiger partial charge is 0.479 e. The fourth-order valence-electron chi connectivity index (χ4n) is 0.987. The molecule has 0 aliphatic carbocycles. The number of carbonyl (C=O) groups is 1. The van der Waals surface area contributed by atoms with Gasteiger partial charge in [0.1, 0.15) is 0 Å². The number of carboxylic acid groups (broad SMARTS) is 1. The van der Waals surface area contributed by atoms with Gasteiger partial charge in [-0.3, -0.25) is 10.1 Å². The second-order valence-corrected chi connectivity index (χ2v) is 3.11. The second-order valence-electron chi connectivity index (χ2n) is 2.70. The average Bonchev–Trinajstić information content (AvgIpc) is 2.16. The van der Waals surface area contributed by atoms with E-state index in [9.17, 15) is 20.0 Å². The van der Waals surface area contributed by atoms with Gasteiger partial charge in [-0.1, -0.05) is 11.6 Å². The van der Waals surface area contributed by atoms with Crippen LogP contribution < -0.4 is 0 Å². The van der Waals surface area contributed by atoms with E-state index < -0.39 is 17.0 Å². The molecule has 80 valence electrons. The monoisotopic (exact) mass is 231 g/mol. The summed E-state index contributed by atoms with van der Waals surface area (Å²) in [4.78, 5) is 20.1. The smallest absolute Gasteiger partial charge is 0.337 e. The van der Waals surface area contributed by atoms with Crippen LogP contribution in [0.2, 0.25) is 5.02 Å². The van der Waals surface area contributed by atoms with E-state index >= 15 is 0 Å². The van der Waals surface area contributed by atoms with Crippen molar-refractivity contribution < 1.29 is 19.9 Å². The van der Waals surface area contributed by atoms with Crippen molar-refractivity contribution in [3.8, 4) is 0 Å². The topological polar surface area (TPSA) is 101 Å². The number of nitro groups is 1. The molecule has 7 heteroatoms. The Morgan fingerprint density at radius 2 is 2.13 bits per heavy atom. The van der Waals surface area contributed by atoms with Crippen LogP contribution in [0.4, 0.5) is 5.69 Å². The first-order chi connectivity index (χ1) is 6.93. The zero-order valence-electron chi connectivity index (χ0n) is 7.25. The van der Waals surface area contributed by atoms with E-state index in [0.29, 0.717) is 0 Å². The third-order valence-corrected chi connectivity index (χ3v) is 2.06. The van der Waals surface area contributed by atoms with Gasteiger partial charge >= 0.3 is 5.97 Å². The van der Waals surface area contributed by atoms with Gasteiger partial charge in [0.25, 0.3) is 5.69 Å². The standard InChI is InChI=1S/C8H6ClNO5/c9-6-2-1-4(10(14)15)3-5(6)7(11)8(12)13/h1-3,7,11H,(H,12,13)/t7-/m0/s1. The third-order valence-electron chi connectivity index (χ3n) is 1.72. The predicted molar refractivity (Wildman–Crippen MR) is 50.7 cm³/mol. The van der Waals surface area contributed by atoms with E-state index in [-0.39, 0.29) is 16.3 Å². The van der Waals surface area contributed by atoms with Crippen molar-refractivity contribution >= 4 is 23.3 Å². The Balaban J connectivity index is 3.22. The highest BCUT2D eigenvalue weighted by Crippen LogP contribution is 2.27. The number of rotatable bonds is 3. The van der Waals surface area contributed by atoms with E-state index in [1.165, 1.54) is 6.07 Å². The summed E-state index contributed by atoms with van der Waals surface area (Å²) < 4.78 is 0.